The quantitative estimate of drug-likeness (QED) is 0.374. The first-order chi connectivity index (χ1) is 17.5. The van der Waals surface area contributed by atoms with E-state index in [1.807, 2.05) is 36.5 Å². The van der Waals surface area contributed by atoms with Gasteiger partial charge in [0.15, 0.2) is 0 Å². The van der Waals surface area contributed by atoms with Gasteiger partial charge in [0.2, 0.25) is 17.7 Å². The molecule has 7 nitrogen and oxygen atoms in total. The van der Waals surface area contributed by atoms with E-state index in [2.05, 4.69) is 15.6 Å². The maximum atomic E-state index is 14.0. The third-order valence-electron chi connectivity index (χ3n) is 7.83. The fraction of sp³-hybridized carbons (Fsp3) is 0.179. The smallest absolute Gasteiger partial charge is 0.250 e. The zero-order valence-electron chi connectivity index (χ0n) is 19.0. The molecule has 36 heavy (non-hydrogen) atoms. The molecule has 4 heterocycles. The number of aromatic amines is 1. The number of amides is 3. The zero-order valence-corrected chi connectivity index (χ0v) is 19.8. The maximum absolute atomic E-state index is 14.0. The summed E-state index contributed by atoms with van der Waals surface area (Å²) < 4.78 is 0. The van der Waals surface area contributed by atoms with Crippen LogP contribution in [0.25, 0.3) is 10.9 Å². The first kappa shape index (κ1) is 21.4. The number of carbonyl (C=O) groups excluding carboxylic acids is 3. The van der Waals surface area contributed by atoms with Crippen LogP contribution in [-0.2, 0) is 26.3 Å². The molecule has 4 unspecified atom stereocenters. The number of hydrogen-bond donors (Lipinski definition) is 3. The van der Waals surface area contributed by atoms with Crippen molar-refractivity contribution in [3.05, 3.63) is 95.1 Å². The molecule has 0 saturated carbocycles. The topological polar surface area (TPSA) is 94.3 Å². The molecule has 178 valence electrons. The summed E-state index contributed by atoms with van der Waals surface area (Å²) in [6, 6.07) is 21.7. The lowest BCUT2D eigenvalue weighted by atomic mass is 9.76. The number of para-hydroxylation sites is 3. The Morgan fingerprint density at radius 2 is 1.67 bits per heavy atom. The Morgan fingerprint density at radius 1 is 0.889 bits per heavy atom. The van der Waals surface area contributed by atoms with E-state index in [1.165, 1.54) is 4.90 Å². The summed E-state index contributed by atoms with van der Waals surface area (Å²) in [6.07, 6.45) is 2.40. The van der Waals surface area contributed by atoms with Crippen molar-refractivity contribution in [2.24, 2.45) is 11.8 Å². The van der Waals surface area contributed by atoms with Crippen LogP contribution >= 0.6 is 11.6 Å². The van der Waals surface area contributed by atoms with Gasteiger partial charge in [-0.05, 0) is 36.2 Å². The van der Waals surface area contributed by atoms with Crippen LogP contribution in [0.1, 0.15) is 11.1 Å². The van der Waals surface area contributed by atoms with Gasteiger partial charge in [-0.25, -0.2) is 4.90 Å². The van der Waals surface area contributed by atoms with Gasteiger partial charge in [0.1, 0.15) is 5.54 Å². The van der Waals surface area contributed by atoms with E-state index in [-0.39, 0.29) is 17.7 Å². The van der Waals surface area contributed by atoms with Gasteiger partial charge in [0, 0.05) is 28.7 Å². The Hall–Kier alpha value is -3.94. The first-order valence-electron chi connectivity index (χ1n) is 11.9. The molecule has 0 bridgehead atoms. The number of halogens is 1. The molecule has 1 aromatic heterocycles. The van der Waals surface area contributed by atoms with Crippen molar-refractivity contribution in [3.8, 4) is 0 Å². The minimum absolute atomic E-state index is 0.298. The van der Waals surface area contributed by atoms with Crippen molar-refractivity contribution in [2.75, 3.05) is 10.2 Å². The highest BCUT2D eigenvalue weighted by atomic mass is 35.5. The normalized spacial score (nSPS) is 26.6. The maximum Gasteiger partial charge on any atom is 0.250 e. The largest absolute Gasteiger partial charge is 0.361 e. The van der Waals surface area contributed by atoms with Crippen molar-refractivity contribution in [1.82, 2.24) is 10.3 Å². The van der Waals surface area contributed by atoms with E-state index in [4.69, 9.17) is 11.6 Å². The Bertz CT molecular complexity index is 1580. The molecule has 1 spiro atoms. The number of aromatic nitrogens is 1. The van der Waals surface area contributed by atoms with Gasteiger partial charge in [-0.3, -0.25) is 19.7 Å². The molecule has 0 radical (unpaired) electrons. The van der Waals surface area contributed by atoms with Crippen LogP contribution in [0.15, 0.2) is 79.0 Å². The molecule has 7 rings (SSSR count). The minimum atomic E-state index is -1.39. The number of nitrogens with zero attached hydrogens (tertiary/aromatic N) is 1. The lowest BCUT2D eigenvalue weighted by Crippen LogP contribution is -2.53. The highest BCUT2D eigenvalue weighted by Gasteiger charge is 2.70. The number of carbonyl (C=O) groups is 3. The van der Waals surface area contributed by atoms with Crippen LogP contribution < -0.4 is 15.5 Å². The molecular formula is C28H21ClN4O3. The summed E-state index contributed by atoms with van der Waals surface area (Å²) in [6.45, 7) is 0. The molecule has 2 fully saturated rings. The van der Waals surface area contributed by atoms with Crippen molar-refractivity contribution in [1.29, 1.82) is 0 Å². The van der Waals surface area contributed by atoms with Crippen molar-refractivity contribution in [2.45, 2.75) is 18.0 Å². The van der Waals surface area contributed by atoms with Crippen molar-refractivity contribution in [3.63, 3.8) is 0 Å². The second kappa shape index (κ2) is 7.53. The second-order valence-electron chi connectivity index (χ2n) is 9.59. The Labute approximate surface area is 211 Å². The summed E-state index contributed by atoms with van der Waals surface area (Å²) >= 11 is 6.44. The van der Waals surface area contributed by atoms with Gasteiger partial charge in [0.25, 0.3) is 0 Å². The number of rotatable bonds is 3. The van der Waals surface area contributed by atoms with E-state index >= 15 is 0 Å². The highest BCUT2D eigenvalue weighted by molar-refractivity contribution is 6.35. The van der Waals surface area contributed by atoms with Gasteiger partial charge in [-0.15, -0.1) is 0 Å². The predicted molar refractivity (Wildman–Crippen MR) is 137 cm³/mol. The summed E-state index contributed by atoms with van der Waals surface area (Å²) in [5.41, 5.74) is 2.22. The van der Waals surface area contributed by atoms with E-state index in [0.717, 1.165) is 16.5 Å². The van der Waals surface area contributed by atoms with Crippen LogP contribution in [0.2, 0.25) is 5.02 Å². The lowest BCUT2D eigenvalue weighted by molar-refractivity contribution is -0.130. The molecule has 2 saturated heterocycles. The second-order valence-corrected chi connectivity index (χ2v) is 10.00. The number of anilines is 2. The minimum Gasteiger partial charge on any atom is -0.361 e. The molecule has 3 N–H and O–H groups in total. The number of H-pyrrole nitrogens is 1. The average Bonchev–Trinajstić information content (AvgIpc) is 3.60. The van der Waals surface area contributed by atoms with Crippen LogP contribution in [0.3, 0.4) is 0 Å². The standard InChI is InChI=1S/C28H21ClN4O3/c29-19-11-6-10-18-24(19)31-27(36)28(18)23-22(25(34)33(26(23)35)16-7-2-1-3-8-16)21(32-28)13-15-14-30-20-12-5-4-9-17(15)20/h1-12,14,21-23,30,32H,13H2,(H,31,36). The van der Waals surface area contributed by atoms with Crippen molar-refractivity contribution < 1.29 is 14.4 Å². The number of hydrogen-bond acceptors (Lipinski definition) is 4. The number of nitrogens with one attached hydrogen (secondary N) is 3. The van der Waals surface area contributed by atoms with Crippen LogP contribution in [0.4, 0.5) is 11.4 Å². The molecule has 3 aromatic carbocycles. The summed E-state index contributed by atoms with van der Waals surface area (Å²) in [4.78, 5) is 46.1. The molecular weight excluding hydrogens is 476 g/mol. The highest BCUT2D eigenvalue weighted by Crippen LogP contribution is 2.55. The molecule has 4 aromatic rings. The summed E-state index contributed by atoms with van der Waals surface area (Å²) in [5.74, 6) is -2.66. The molecule has 3 aliphatic rings. The third-order valence-corrected chi connectivity index (χ3v) is 8.14. The molecule has 0 aliphatic carbocycles. The average molecular weight is 497 g/mol. The van der Waals surface area contributed by atoms with Crippen LogP contribution in [0.5, 0.6) is 0 Å². The van der Waals surface area contributed by atoms with Gasteiger partial charge in [0.05, 0.1) is 28.2 Å². The van der Waals surface area contributed by atoms with Gasteiger partial charge in [-0.2, -0.15) is 0 Å². The van der Waals surface area contributed by atoms with Gasteiger partial charge >= 0.3 is 0 Å². The molecule has 4 atom stereocenters. The zero-order chi connectivity index (χ0) is 24.6. The monoisotopic (exact) mass is 496 g/mol. The number of fused-ring (bicyclic) bond motifs is 5. The predicted octanol–water partition coefficient (Wildman–Crippen LogP) is 3.99. The first-order valence-corrected chi connectivity index (χ1v) is 12.2. The Morgan fingerprint density at radius 3 is 2.50 bits per heavy atom. The molecule has 3 aliphatic heterocycles. The number of benzene rings is 3. The van der Waals surface area contributed by atoms with Gasteiger partial charge < -0.3 is 10.3 Å². The van der Waals surface area contributed by atoms with E-state index in [1.54, 1.807) is 42.5 Å². The number of imide groups is 1. The van der Waals surface area contributed by atoms with E-state index in [0.29, 0.717) is 28.4 Å². The summed E-state index contributed by atoms with van der Waals surface area (Å²) in [7, 11) is 0. The van der Waals surface area contributed by atoms with Gasteiger partial charge in [-0.1, -0.05) is 60.1 Å². The van der Waals surface area contributed by atoms with Crippen LogP contribution in [0, 0.1) is 11.8 Å². The fourth-order valence-electron chi connectivity index (χ4n) is 6.34. The SMILES string of the molecule is O=C1C2C(Cc3c[nH]c4ccccc34)NC3(C(=O)Nc4c(Cl)cccc43)C2C(=O)N1c1ccccc1. The van der Waals surface area contributed by atoms with Crippen LogP contribution in [-0.4, -0.2) is 28.7 Å². The fourth-order valence-corrected chi connectivity index (χ4v) is 6.56. The third kappa shape index (κ3) is 2.69. The summed E-state index contributed by atoms with van der Waals surface area (Å²) in [5, 5.41) is 7.82. The Kier molecular flexibility index (Phi) is 4.46. The van der Waals surface area contributed by atoms with E-state index in [9.17, 15) is 14.4 Å². The molecule has 8 heteroatoms. The molecule has 3 amide bonds. The van der Waals surface area contributed by atoms with Crippen molar-refractivity contribution >= 4 is 51.6 Å². The lowest BCUT2D eigenvalue weighted by Gasteiger charge is -2.29. The van der Waals surface area contributed by atoms with E-state index < -0.39 is 23.4 Å². The Balaban J connectivity index is 1.39.